The molecule has 0 aliphatic carbocycles. The standard InChI is InChI=1S/C10H5F3N4/c11-10(12,13)8-3-1-2-4-9(8)17-16-7(5-14)6-15/h1-4,17H. The molecule has 1 rings (SSSR count). The van der Waals surface area contributed by atoms with Gasteiger partial charge in [-0.2, -0.15) is 28.8 Å². The van der Waals surface area contributed by atoms with Gasteiger partial charge in [-0.3, -0.25) is 5.43 Å². The van der Waals surface area contributed by atoms with Crippen molar-refractivity contribution in [1.82, 2.24) is 0 Å². The van der Waals surface area contributed by atoms with E-state index in [0.29, 0.717) is 0 Å². The highest BCUT2D eigenvalue weighted by Gasteiger charge is 2.33. The zero-order chi connectivity index (χ0) is 12.9. The van der Waals surface area contributed by atoms with Crippen molar-refractivity contribution in [3.05, 3.63) is 29.8 Å². The van der Waals surface area contributed by atoms with Crippen LogP contribution in [0, 0.1) is 22.7 Å². The Morgan fingerprint density at radius 2 is 1.76 bits per heavy atom. The van der Waals surface area contributed by atoms with Crippen LogP contribution in [0.2, 0.25) is 0 Å². The van der Waals surface area contributed by atoms with Crippen LogP contribution >= 0.6 is 0 Å². The summed E-state index contributed by atoms with van der Waals surface area (Å²) < 4.78 is 37.6. The Hall–Kier alpha value is -2.54. The molecule has 86 valence electrons. The fraction of sp³-hybridized carbons (Fsp3) is 0.100. The lowest BCUT2D eigenvalue weighted by atomic mass is 10.2. The van der Waals surface area contributed by atoms with E-state index < -0.39 is 17.5 Å². The van der Waals surface area contributed by atoms with Crippen LogP contribution in [0.15, 0.2) is 29.4 Å². The third-order valence-corrected chi connectivity index (χ3v) is 1.73. The van der Waals surface area contributed by atoms with Gasteiger partial charge < -0.3 is 0 Å². The highest BCUT2D eigenvalue weighted by molar-refractivity contribution is 6.10. The number of hydrazone groups is 1. The van der Waals surface area contributed by atoms with Gasteiger partial charge >= 0.3 is 6.18 Å². The second-order valence-corrected chi connectivity index (χ2v) is 2.84. The molecule has 0 radical (unpaired) electrons. The van der Waals surface area contributed by atoms with Crippen LogP contribution in [-0.2, 0) is 6.18 Å². The van der Waals surface area contributed by atoms with E-state index in [9.17, 15) is 13.2 Å². The lowest BCUT2D eigenvalue weighted by Crippen LogP contribution is -2.09. The first-order valence-electron chi connectivity index (χ1n) is 4.29. The molecule has 0 unspecified atom stereocenters. The number of halogens is 3. The monoisotopic (exact) mass is 238 g/mol. The maximum Gasteiger partial charge on any atom is 0.418 e. The third-order valence-electron chi connectivity index (χ3n) is 1.73. The molecule has 1 aromatic carbocycles. The number of hydrogen-bond acceptors (Lipinski definition) is 4. The van der Waals surface area contributed by atoms with Crippen molar-refractivity contribution in [2.75, 3.05) is 5.43 Å². The van der Waals surface area contributed by atoms with E-state index in [1.165, 1.54) is 24.3 Å². The van der Waals surface area contributed by atoms with Crippen LogP contribution in [0.4, 0.5) is 18.9 Å². The van der Waals surface area contributed by atoms with Crippen molar-refractivity contribution < 1.29 is 13.2 Å². The Morgan fingerprint density at radius 3 is 2.29 bits per heavy atom. The van der Waals surface area contributed by atoms with Crippen LogP contribution in [0.3, 0.4) is 0 Å². The molecule has 7 heteroatoms. The molecule has 0 amide bonds. The van der Waals surface area contributed by atoms with Gasteiger partial charge in [0.2, 0.25) is 5.71 Å². The van der Waals surface area contributed by atoms with Gasteiger partial charge in [-0.25, -0.2) is 0 Å². The van der Waals surface area contributed by atoms with Crippen LogP contribution < -0.4 is 5.43 Å². The normalized spacial score (nSPS) is 9.94. The van der Waals surface area contributed by atoms with Gasteiger partial charge in [0.05, 0.1) is 11.3 Å². The van der Waals surface area contributed by atoms with E-state index in [2.05, 4.69) is 5.10 Å². The second-order valence-electron chi connectivity index (χ2n) is 2.84. The molecule has 0 aliphatic rings. The molecule has 17 heavy (non-hydrogen) atoms. The van der Waals surface area contributed by atoms with Gasteiger partial charge in [0.1, 0.15) is 12.1 Å². The molecule has 0 saturated heterocycles. The Balaban J connectivity index is 3.06. The minimum absolute atomic E-state index is 0.317. The molecular formula is C10H5F3N4. The number of alkyl halides is 3. The van der Waals surface area contributed by atoms with Gasteiger partial charge in [0, 0.05) is 0 Å². The Labute approximate surface area is 94.6 Å². The van der Waals surface area contributed by atoms with E-state index >= 15 is 0 Å². The summed E-state index contributed by atoms with van der Waals surface area (Å²) >= 11 is 0. The predicted molar refractivity (Wildman–Crippen MR) is 53.7 cm³/mol. The highest BCUT2D eigenvalue weighted by atomic mass is 19.4. The summed E-state index contributed by atoms with van der Waals surface area (Å²) in [5.74, 6) is 0. The summed E-state index contributed by atoms with van der Waals surface area (Å²) in [6.07, 6.45) is -4.53. The van der Waals surface area contributed by atoms with Crippen LogP contribution in [0.25, 0.3) is 0 Å². The van der Waals surface area contributed by atoms with E-state index in [0.717, 1.165) is 12.1 Å². The molecule has 0 atom stereocenters. The summed E-state index contributed by atoms with van der Waals surface area (Å²) in [5.41, 5.74) is 0.257. The zero-order valence-electron chi connectivity index (χ0n) is 8.28. The van der Waals surface area contributed by atoms with Crippen molar-refractivity contribution in [3.8, 4) is 12.1 Å². The Bertz CT molecular complexity index is 504. The number of nitrogens with one attached hydrogen (secondary N) is 1. The molecule has 0 aromatic heterocycles. The van der Waals surface area contributed by atoms with Gasteiger partial charge in [-0.05, 0) is 12.1 Å². The molecule has 1 aromatic rings. The average Bonchev–Trinajstić information content (AvgIpc) is 2.29. The summed E-state index contributed by atoms with van der Waals surface area (Å²) in [5, 5.41) is 20.0. The molecule has 0 bridgehead atoms. The summed E-state index contributed by atoms with van der Waals surface area (Å²) in [7, 11) is 0. The summed E-state index contributed by atoms with van der Waals surface area (Å²) in [6.45, 7) is 0. The summed E-state index contributed by atoms with van der Waals surface area (Å²) in [4.78, 5) is 0. The molecule has 0 saturated carbocycles. The maximum atomic E-state index is 12.5. The smallest absolute Gasteiger partial charge is 0.276 e. The fourth-order valence-corrected chi connectivity index (χ4v) is 1.02. The number of anilines is 1. The largest absolute Gasteiger partial charge is 0.418 e. The van der Waals surface area contributed by atoms with Gasteiger partial charge in [-0.1, -0.05) is 12.1 Å². The lowest BCUT2D eigenvalue weighted by Gasteiger charge is -2.11. The number of benzene rings is 1. The first kappa shape index (κ1) is 12.5. The summed E-state index contributed by atoms with van der Waals surface area (Å²) in [6, 6.07) is 7.48. The fourth-order valence-electron chi connectivity index (χ4n) is 1.02. The first-order chi connectivity index (χ1) is 7.99. The maximum absolute atomic E-state index is 12.5. The molecule has 0 spiro atoms. The third kappa shape index (κ3) is 3.21. The number of nitrogens with zero attached hydrogens (tertiary/aromatic N) is 3. The quantitative estimate of drug-likeness (QED) is 0.635. The zero-order valence-corrected chi connectivity index (χ0v) is 8.28. The highest BCUT2D eigenvalue weighted by Crippen LogP contribution is 2.34. The van der Waals surface area contributed by atoms with Gasteiger partial charge in [0.25, 0.3) is 0 Å². The van der Waals surface area contributed by atoms with Crippen LogP contribution in [0.1, 0.15) is 5.56 Å². The molecule has 0 heterocycles. The molecule has 1 N–H and O–H groups in total. The molecular weight excluding hydrogens is 233 g/mol. The van der Waals surface area contributed by atoms with Crippen LogP contribution in [0.5, 0.6) is 0 Å². The van der Waals surface area contributed by atoms with E-state index in [-0.39, 0.29) is 5.69 Å². The Kier molecular flexibility index (Phi) is 3.68. The van der Waals surface area contributed by atoms with Crippen LogP contribution in [-0.4, -0.2) is 5.71 Å². The van der Waals surface area contributed by atoms with E-state index in [4.69, 9.17) is 10.5 Å². The van der Waals surface area contributed by atoms with E-state index in [1.807, 2.05) is 5.43 Å². The van der Waals surface area contributed by atoms with Gasteiger partial charge in [0.15, 0.2) is 0 Å². The van der Waals surface area contributed by atoms with E-state index in [1.54, 1.807) is 0 Å². The second kappa shape index (κ2) is 4.99. The van der Waals surface area contributed by atoms with Crippen molar-refractivity contribution in [2.24, 2.45) is 5.10 Å². The number of hydrogen-bond donors (Lipinski definition) is 1. The average molecular weight is 238 g/mol. The van der Waals surface area contributed by atoms with Crippen molar-refractivity contribution >= 4 is 11.4 Å². The minimum Gasteiger partial charge on any atom is -0.276 e. The minimum atomic E-state index is -4.53. The molecule has 0 aliphatic heterocycles. The first-order valence-corrected chi connectivity index (χ1v) is 4.29. The Morgan fingerprint density at radius 1 is 1.18 bits per heavy atom. The van der Waals surface area contributed by atoms with Crippen molar-refractivity contribution in [1.29, 1.82) is 10.5 Å². The molecule has 4 nitrogen and oxygen atoms in total. The SMILES string of the molecule is N#CC(C#N)=NNc1ccccc1C(F)(F)F. The molecule has 0 fully saturated rings. The number of para-hydroxylation sites is 1. The van der Waals surface area contributed by atoms with Gasteiger partial charge in [-0.15, -0.1) is 0 Å². The number of rotatable bonds is 2. The van der Waals surface area contributed by atoms with Crippen molar-refractivity contribution in [3.63, 3.8) is 0 Å². The predicted octanol–water partition coefficient (Wildman–Crippen LogP) is 2.52. The van der Waals surface area contributed by atoms with Crippen molar-refractivity contribution in [2.45, 2.75) is 6.18 Å². The topological polar surface area (TPSA) is 72.0 Å². The lowest BCUT2D eigenvalue weighted by molar-refractivity contribution is -0.136. The number of nitriles is 2.